The molecule has 0 aliphatic heterocycles. The van der Waals surface area contributed by atoms with Gasteiger partial charge in [-0.2, -0.15) is 5.10 Å². The quantitative estimate of drug-likeness (QED) is 0.323. The number of hydrogen-bond donors (Lipinski definition) is 2. The zero-order valence-electron chi connectivity index (χ0n) is 20.7. The van der Waals surface area contributed by atoms with Crippen LogP contribution in [0.3, 0.4) is 0 Å². The van der Waals surface area contributed by atoms with Crippen LogP contribution in [0.4, 0.5) is 10.7 Å². The van der Waals surface area contributed by atoms with Gasteiger partial charge in [0.1, 0.15) is 23.6 Å². The maximum atomic E-state index is 13.1. The number of methoxy groups -OCH3 is 1. The zero-order valence-corrected chi connectivity index (χ0v) is 20.7. The number of aryl methyl sites for hydroxylation is 3. The molecule has 10 heteroatoms. The van der Waals surface area contributed by atoms with Crippen molar-refractivity contribution in [1.82, 2.24) is 24.6 Å². The number of hydrogen-bond acceptors (Lipinski definition) is 6. The van der Waals surface area contributed by atoms with E-state index < -0.39 is 6.09 Å². The first-order valence-corrected chi connectivity index (χ1v) is 11.8. The number of para-hydroxylation sites is 1. The molecule has 0 fully saturated rings. The monoisotopic (exact) mass is 490 g/mol. The Morgan fingerprint density at radius 1 is 1.08 bits per heavy atom. The summed E-state index contributed by atoms with van der Waals surface area (Å²) in [5.74, 6) is 0.744. The van der Waals surface area contributed by atoms with Gasteiger partial charge < -0.3 is 19.4 Å². The molecule has 4 rings (SSSR count). The minimum absolute atomic E-state index is 0.208. The molecule has 2 N–H and O–H groups in total. The summed E-state index contributed by atoms with van der Waals surface area (Å²) >= 11 is 0. The summed E-state index contributed by atoms with van der Waals surface area (Å²) < 4.78 is 14.4. The fourth-order valence-corrected chi connectivity index (χ4v) is 3.97. The minimum Gasteiger partial charge on any atom is -0.494 e. The van der Waals surface area contributed by atoms with E-state index in [0.717, 1.165) is 16.8 Å². The lowest BCUT2D eigenvalue weighted by atomic mass is 10.2. The number of imidazole rings is 1. The van der Waals surface area contributed by atoms with Crippen LogP contribution in [-0.2, 0) is 24.4 Å². The lowest BCUT2D eigenvalue weighted by molar-refractivity contribution is 0.101. The van der Waals surface area contributed by atoms with E-state index in [2.05, 4.69) is 20.7 Å². The Morgan fingerprint density at radius 3 is 2.64 bits per heavy atom. The Bertz CT molecular complexity index is 1350. The average Bonchev–Trinajstić information content (AvgIpc) is 3.45. The summed E-state index contributed by atoms with van der Waals surface area (Å²) in [6.45, 7) is 5.43. The summed E-state index contributed by atoms with van der Waals surface area (Å²) in [4.78, 5) is 29.8. The third kappa shape index (κ3) is 5.65. The predicted octanol–water partition coefficient (Wildman–Crippen LogP) is 4.14. The highest BCUT2D eigenvalue weighted by Crippen LogP contribution is 2.29. The van der Waals surface area contributed by atoms with E-state index in [1.807, 2.05) is 66.9 Å². The normalized spacial score (nSPS) is 10.9. The second-order valence-corrected chi connectivity index (χ2v) is 8.20. The molecule has 2 aromatic heterocycles. The van der Waals surface area contributed by atoms with Gasteiger partial charge in [-0.1, -0.05) is 36.4 Å². The Labute approximate surface area is 209 Å². The molecule has 0 atom stereocenters. The number of benzene rings is 2. The average molecular weight is 491 g/mol. The van der Waals surface area contributed by atoms with Gasteiger partial charge in [-0.3, -0.25) is 14.8 Å². The van der Waals surface area contributed by atoms with Crippen molar-refractivity contribution >= 4 is 29.0 Å². The second-order valence-electron chi connectivity index (χ2n) is 8.20. The number of carbonyl (C=O) groups excluding carboxylic acids is 2. The third-order valence-corrected chi connectivity index (χ3v) is 5.65. The highest BCUT2D eigenvalue weighted by molar-refractivity contribution is 6.03. The van der Waals surface area contributed by atoms with Crippen LogP contribution in [0.25, 0.3) is 11.0 Å². The Hall–Kier alpha value is -4.34. The Balaban J connectivity index is 1.45. The number of carbonyl (C=O) groups is 2. The summed E-state index contributed by atoms with van der Waals surface area (Å²) in [5, 5.41) is 10.1. The molecule has 36 heavy (non-hydrogen) atoms. The lowest BCUT2D eigenvalue weighted by Gasteiger charge is -2.13. The van der Waals surface area contributed by atoms with Crippen LogP contribution in [0, 0.1) is 6.92 Å². The van der Waals surface area contributed by atoms with Gasteiger partial charge in [0.2, 0.25) is 5.95 Å². The summed E-state index contributed by atoms with van der Waals surface area (Å²) in [6, 6.07) is 16.8. The van der Waals surface area contributed by atoms with E-state index >= 15 is 0 Å². The zero-order chi connectivity index (χ0) is 25.5. The molecule has 0 aliphatic carbocycles. The molecule has 0 radical (unpaired) electrons. The van der Waals surface area contributed by atoms with E-state index in [1.54, 1.807) is 17.9 Å². The van der Waals surface area contributed by atoms with Gasteiger partial charge in [0.05, 0.1) is 18.3 Å². The number of alkyl carbamates (subject to hydrolysis) is 1. The van der Waals surface area contributed by atoms with Gasteiger partial charge in [0, 0.05) is 19.6 Å². The fourth-order valence-electron chi connectivity index (χ4n) is 3.97. The van der Waals surface area contributed by atoms with E-state index in [4.69, 9.17) is 9.47 Å². The van der Waals surface area contributed by atoms with Gasteiger partial charge >= 0.3 is 6.09 Å². The molecule has 4 aromatic rings. The van der Waals surface area contributed by atoms with Crippen LogP contribution in [0.5, 0.6) is 5.75 Å². The van der Waals surface area contributed by atoms with Crippen molar-refractivity contribution in [3.8, 4) is 5.75 Å². The van der Waals surface area contributed by atoms with Crippen molar-refractivity contribution < 1.29 is 19.1 Å². The van der Waals surface area contributed by atoms with Gasteiger partial charge in [0.15, 0.2) is 0 Å². The summed E-state index contributed by atoms with van der Waals surface area (Å²) in [5.41, 5.74) is 3.61. The van der Waals surface area contributed by atoms with Crippen molar-refractivity contribution in [2.45, 2.75) is 40.0 Å². The van der Waals surface area contributed by atoms with Gasteiger partial charge in [-0.25, -0.2) is 9.78 Å². The van der Waals surface area contributed by atoms with Crippen LogP contribution < -0.4 is 15.4 Å². The molecule has 10 nitrogen and oxygen atoms in total. The predicted molar refractivity (Wildman–Crippen MR) is 136 cm³/mol. The maximum absolute atomic E-state index is 13.1. The number of anilines is 1. The first-order valence-electron chi connectivity index (χ1n) is 11.8. The molecule has 0 bridgehead atoms. The van der Waals surface area contributed by atoms with Gasteiger partial charge in [-0.15, -0.1) is 0 Å². The van der Waals surface area contributed by atoms with Crippen molar-refractivity contribution in [2.24, 2.45) is 0 Å². The Morgan fingerprint density at radius 2 is 1.89 bits per heavy atom. The molecule has 0 unspecified atom stereocenters. The molecule has 0 saturated heterocycles. The first-order chi connectivity index (χ1) is 17.5. The summed E-state index contributed by atoms with van der Waals surface area (Å²) in [7, 11) is 1.59. The van der Waals surface area contributed by atoms with Crippen LogP contribution in [0.2, 0.25) is 0 Å². The maximum Gasteiger partial charge on any atom is 0.407 e. The second kappa shape index (κ2) is 11.4. The third-order valence-electron chi connectivity index (χ3n) is 5.65. The Kier molecular flexibility index (Phi) is 7.84. The van der Waals surface area contributed by atoms with E-state index in [1.165, 1.54) is 0 Å². The number of aromatic nitrogens is 4. The standard InChI is InChI=1S/C26H30N6O4/c1-4-32-21(16-18(2)30-32)24(33)29-25-28-20-12-8-13-22(35-3)23(20)31(25)15-9-14-27-26(34)36-17-19-10-6-5-7-11-19/h5-8,10-13,16H,4,9,14-15,17H2,1-3H3,(H,27,34)(H,28,29,33). The molecule has 188 valence electrons. The van der Waals surface area contributed by atoms with Crippen LogP contribution >= 0.6 is 0 Å². The molecular weight excluding hydrogens is 460 g/mol. The molecule has 0 spiro atoms. The highest BCUT2D eigenvalue weighted by atomic mass is 16.5. The van der Waals surface area contributed by atoms with Crippen molar-refractivity contribution in [3.05, 3.63) is 71.5 Å². The number of nitrogens with zero attached hydrogens (tertiary/aromatic N) is 4. The van der Waals surface area contributed by atoms with Crippen LogP contribution in [0.1, 0.15) is 35.1 Å². The number of amides is 2. The molecule has 0 aliphatic rings. The minimum atomic E-state index is -0.483. The fraction of sp³-hybridized carbons (Fsp3) is 0.308. The topological polar surface area (TPSA) is 112 Å². The molecular formula is C26H30N6O4. The largest absolute Gasteiger partial charge is 0.494 e. The SMILES string of the molecule is CCn1nc(C)cc1C(=O)Nc1nc2cccc(OC)c2n1CCCNC(=O)OCc1ccccc1. The molecule has 2 aromatic carbocycles. The highest BCUT2D eigenvalue weighted by Gasteiger charge is 2.19. The van der Waals surface area contributed by atoms with Crippen LogP contribution in [0.15, 0.2) is 54.6 Å². The van der Waals surface area contributed by atoms with E-state index in [-0.39, 0.29) is 12.5 Å². The van der Waals surface area contributed by atoms with Gasteiger partial charge in [0.25, 0.3) is 5.91 Å². The van der Waals surface area contributed by atoms with Crippen molar-refractivity contribution in [3.63, 3.8) is 0 Å². The lowest BCUT2D eigenvalue weighted by Crippen LogP contribution is -2.26. The van der Waals surface area contributed by atoms with Crippen molar-refractivity contribution in [2.75, 3.05) is 19.0 Å². The van der Waals surface area contributed by atoms with E-state index in [0.29, 0.717) is 49.0 Å². The van der Waals surface area contributed by atoms with Gasteiger partial charge in [-0.05, 0) is 44.0 Å². The number of nitrogens with one attached hydrogen (secondary N) is 2. The smallest absolute Gasteiger partial charge is 0.407 e. The number of ether oxygens (including phenoxy) is 2. The number of rotatable bonds is 10. The van der Waals surface area contributed by atoms with E-state index in [9.17, 15) is 9.59 Å². The van der Waals surface area contributed by atoms with Crippen LogP contribution in [-0.4, -0.2) is 45.0 Å². The van der Waals surface area contributed by atoms with Crippen molar-refractivity contribution in [1.29, 1.82) is 0 Å². The molecule has 0 saturated carbocycles. The molecule has 2 heterocycles. The number of fused-ring (bicyclic) bond motifs is 1. The summed E-state index contributed by atoms with van der Waals surface area (Å²) in [6.07, 6.45) is 0.0994. The first kappa shape index (κ1) is 24.8. The molecule has 2 amide bonds.